The third-order valence-corrected chi connectivity index (χ3v) is 10.1. The molecule has 1 aliphatic heterocycles. The van der Waals surface area contributed by atoms with Crippen molar-refractivity contribution < 1.29 is 60.6 Å². The number of ether oxygens (including phenoxy) is 1. The Hall–Kier alpha value is -5.90. The minimum Gasteiger partial charge on any atom is -0.508 e. The summed E-state index contributed by atoms with van der Waals surface area (Å²) < 4.78 is 47.8. The molecule has 68 heavy (non-hydrogen) atoms. The zero-order valence-electron chi connectivity index (χ0n) is 38.8. The van der Waals surface area contributed by atoms with Crippen LogP contribution in [0.5, 0.6) is 17.5 Å². The van der Waals surface area contributed by atoms with Crippen molar-refractivity contribution >= 4 is 47.3 Å². The molecule has 5 N–H and O–H groups in total. The number of nitrogens with zero attached hydrogens (tertiary/aromatic N) is 12. The summed E-state index contributed by atoms with van der Waals surface area (Å²) in [6.45, 7) is 8.18. The van der Waals surface area contributed by atoms with Gasteiger partial charge in [0.05, 0.1) is 34.5 Å². The van der Waals surface area contributed by atoms with Crippen LogP contribution < -0.4 is 21.7 Å². The van der Waals surface area contributed by atoms with E-state index in [2.05, 4.69) is 51.5 Å². The minimum absolute atomic E-state index is 0. The van der Waals surface area contributed by atoms with Gasteiger partial charge in [0.1, 0.15) is 28.3 Å². The summed E-state index contributed by atoms with van der Waals surface area (Å²) in [5.74, 6) is -0.647. The van der Waals surface area contributed by atoms with Gasteiger partial charge in [0.25, 0.3) is 0 Å². The summed E-state index contributed by atoms with van der Waals surface area (Å²) >= 11 is 7.04. The first kappa shape index (κ1) is 56.4. The third-order valence-electron chi connectivity index (χ3n) is 9.36. The number of rotatable bonds is 6. The first-order valence-electron chi connectivity index (χ1n) is 19.7. The van der Waals surface area contributed by atoms with Crippen molar-refractivity contribution in [1.82, 2.24) is 59.2 Å². The molecule has 0 atom stereocenters. The quantitative estimate of drug-likeness (QED) is 0.0373. The number of aryl methyl sites for hydroxylation is 3. The molecule has 0 aliphatic carbocycles. The molecule has 1 saturated heterocycles. The summed E-state index contributed by atoms with van der Waals surface area (Å²) in [4.78, 5) is 23.8. The maximum atomic E-state index is 13.1. The topological polar surface area (TPSA) is 231 Å². The van der Waals surface area contributed by atoms with Crippen molar-refractivity contribution in [2.45, 2.75) is 44.1 Å². The maximum absolute atomic E-state index is 13.1. The Morgan fingerprint density at radius 3 is 1.79 bits per heavy atom. The summed E-state index contributed by atoms with van der Waals surface area (Å²) in [6, 6.07) is 13.0. The van der Waals surface area contributed by atoms with Gasteiger partial charge >= 0.3 is 13.1 Å². The Labute approximate surface area is 428 Å². The van der Waals surface area contributed by atoms with Gasteiger partial charge in [-0.1, -0.05) is 29.6 Å². The van der Waals surface area contributed by atoms with E-state index in [1.165, 1.54) is 36.0 Å². The molecule has 7 heterocycles. The Morgan fingerprint density at radius 1 is 0.750 bits per heavy atom. The van der Waals surface area contributed by atoms with Crippen LogP contribution in [0.4, 0.5) is 20.2 Å². The Balaban J connectivity index is 0.000000232. The molecule has 0 unspecified atom stereocenters. The number of halogens is 3. The second kappa shape index (κ2) is 26.0. The smallest absolute Gasteiger partial charge is 0.498 e. The van der Waals surface area contributed by atoms with Crippen LogP contribution in [0.2, 0.25) is 5.15 Å². The van der Waals surface area contributed by atoms with Crippen molar-refractivity contribution in [2.75, 3.05) is 17.7 Å². The molecule has 1 fully saturated rings. The fourth-order valence-electron chi connectivity index (χ4n) is 5.26. The van der Waals surface area contributed by atoms with Crippen LogP contribution in [-0.2, 0) is 63.2 Å². The van der Waals surface area contributed by atoms with E-state index in [0.717, 1.165) is 34.4 Å². The summed E-state index contributed by atoms with van der Waals surface area (Å²) in [5.41, 5.74) is 14.3. The van der Waals surface area contributed by atoms with Crippen LogP contribution in [0.1, 0.15) is 27.7 Å². The van der Waals surface area contributed by atoms with E-state index in [4.69, 9.17) is 42.2 Å². The van der Waals surface area contributed by atoms with Gasteiger partial charge in [-0.05, 0) is 81.6 Å². The van der Waals surface area contributed by atoms with Crippen LogP contribution in [0, 0.1) is 25.4 Å². The van der Waals surface area contributed by atoms with E-state index in [-0.39, 0.29) is 81.6 Å². The monoisotopic (exact) mass is 1040 g/mol. The van der Waals surface area contributed by atoms with Crippen LogP contribution >= 0.6 is 23.4 Å². The number of aromatic nitrogens is 12. The van der Waals surface area contributed by atoms with Crippen LogP contribution in [-0.4, -0.2) is 88.9 Å². The maximum Gasteiger partial charge on any atom is 0.498 e. The number of nitrogens with two attached hydrogens (primary N) is 2. The SMILES string of the molecule is CSc1nccc(Cl)n1.Cn1cc(-c2ccn[c-]n2)cn1.Cn1cc(-c2ccnc(Oc3ccc(F)c(N)c3)n2)cn1.Cn1cc(B2OC(C)(C)C(C)(C)O2)cn1.Nc1cc(O)ccc1F.[CH3-].[Y]. The Morgan fingerprint density at radius 2 is 1.31 bits per heavy atom. The molecule has 1 aliphatic rings. The minimum atomic E-state index is -0.507. The molecule has 24 heteroatoms. The van der Waals surface area contributed by atoms with Crippen molar-refractivity contribution in [3.8, 4) is 40.0 Å². The Kier molecular flexibility index (Phi) is 21.6. The van der Waals surface area contributed by atoms with Gasteiger partial charge in [-0.25, -0.2) is 23.7 Å². The molecular formula is C44H50BClF2N14O4SY-2. The molecule has 0 amide bonds. The number of aromatic hydroxyl groups is 1. The van der Waals surface area contributed by atoms with Crippen molar-refractivity contribution in [3.05, 3.63) is 141 Å². The van der Waals surface area contributed by atoms with Gasteiger partial charge in [-0.3, -0.25) is 14.0 Å². The number of hydrogen-bond donors (Lipinski definition) is 3. The molecule has 0 bridgehead atoms. The molecule has 8 aromatic rings. The van der Waals surface area contributed by atoms with Crippen molar-refractivity contribution in [1.29, 1.82) is 0 Å². The number of benzene rings is 2. The molecule has 0 saturated carbocycles. The Bertz CT molecular complexity index is 2790. The van der Waals surface area contributed by atoms with Gasteiger partial charge in [-0.2, -0.15) is 20.3 Å². The van der Waals surface area contributed by atoms with Gasteiger partial charge < -0.3 is 48.0 Å². The fraction of sp³-hybridized carbons (Fsp3) is 0.227. The van der Waals surface area contributed by atoms with E-state index in [0.29, 0.717) is 21.8 Å². The third kappa shape index (κ3) is 16.7. The zero-order valence-corrected chi connectivity index (χ0v) is 43.2. The van der Waals surface area contributed by atoms with Crippen molar-refractivity contribution in [3.63, 3.8) is 0 Å². The van der Waals surface area contributed by atoms with Crippen LogP contribution in [0.25, 0.3) is 22.5 Å². The van der Waals surface area contributed by atoms with E-state index in [9.17, 15) is 8.78 Å². The standard InChI is InChI=1S/C14H12FN5O.C10H17BN2O2.C8H7N4.C6H6FNO.C5H5ClN2S.CH3.Y/c1-20-8-9(7-18-20)13-4-5-17-14(19-13)21-10-2-3-11(15)12(16)6-10;1-9(2)10(3,4)15-11(14-9)8-6-12-13(5)7-8;1-12-5-7(4-11-12)8-2-3-9-6-10-8;7-5-2-1-4(9)3-6(5)8;1-9-5-7-3-2-4(6)8-5;;/h2-8H,16H2,1H3;6-7H,1-5H3;2-5H,1H3;1-3,9H,8H2;2-3H,1H3;1H3;/q;;-1;;;-1;. The molecule has 0 spiro atoms. The predicted octanol–water partition coefficient (Wildman–Crippen LogP) is 7.20. The molecule has 6 aromatic heterocycles. The number of anilines is 2. The van der Waals surface area contributed by atoms with Gasteiger partial charge in [0.15, 0.2) is 5.16 Å². The summed E-state index contributed by atoms with van der Waals surface area (Å²) in [7, 11) is 5.27. The fourth-order valence-corrected chi connectivity index (χ4v) is 5.80. The summed E-state index contributed by atoms with van der Waals surface area (Å²) in [5, 5.41) is 22.1. The van der Waals surface area contributed by atoms with Gasteiger partial charge in [0.2, 0.25) is 0 Å². The first-order chi connectivity index (χ1) is 31.3. The van der Waals surface area contributed by atoms with E-state index in [1.54, 1.807) is 63.4 Å². The molecular weight excluding hydrogens is 994 g/mol. The van der Waals surface area contributed by atoms with Crippen LogP contribution in [0.15, 0.2) is 116 Å². The number of phenols is 1. The molecule has 9 rings (SSSR count). The van der Waals surface area contributed by atoms with E-state index < -0.39 is 11.6 Å². The second-order valence-corrected chi connectivity index (χ2v) is 16.1. The number of thioether (sulfide) groups is 1. The van der Waals surface area contributed by atoms with Crippen LogP contribution in [0.3, 0.4) is 0 Å². The first-order valence-corrected chi connectivity index (χ1v) is 21.3. The normalized spacial score (nSPS) is 12.7. The molecule has 18 nitrogen and oxygen atoms in total. The number of nitrogen functional groups attached to an aromatic ring is 2. The second-order valence-electron chi connectivity index (χ2n) is 15.0. The van der Waals surface area contributed by atoms with Gasteiger partial charge in [-0.15, -0.1) is 6.07 Å². The van der Waals surface area contributed by atoms with E-state index >= 15 is 0 Å². The average molecular weight is 1040 g/mol. The van der Waals surface area contributed by atoms with Crippen molar-refractivity contribution in [2.24, 2.45) is 21.1 Å². The molecule has 355 valence electrons. The zero-order chi connectivity index (χ0) is 48.0. The number of hydrogen-bond acceptors (Lipinski definition) is 16. The largest absolute Gasteiger partial charge is 0.508 e. The molecule has 1 radical (unpaired) electrons. The van der Waals surface area contributed by atoms with E-state index in [1.807, 2.05) is 79.8 Å². The predicted molar refractivity (Wildman–Crippen MR) is 255 cm³/mol. The number of phenolic OH excluding ortho intramolecular Hbond substituents is 1. The average Bonchev–Trinajstić information content (AvgIpc) is 4.09. The van der Waals surface area contributed by atoms with Gasteiger partial charge in [0, 0.05) is 127 Å². The summed E-state index contributed by atoms with van der Waals surface area (Å²) in [6.07, 6.45) is 20.2. The molecule has 2 aromatic carbocycles.